The van der Waals surface area contributed by atoms with Crippen molar-refractivity contribution >= 4 is 15.7 Å². The number of nitrogens with zero attached hydrogens (tertiary/aromatic N) is 3. The van der Waals surface area contributed by atoms with Crippen LogP contribution in [0.25, 0.3) is 0 Å². The molecule has 0 aliphatic carbocycles. The second kappa shape index (κ2) is 5.94. The normalized spacial score (nSPS) is 11.7. The van der Waals surface area contributed by atoms with Gasteiger partial charge < -0.3 is 10.1 Å². The summed E-state index contributed by atoms with van der Waals surface area (Å²) in [5.41, 5.74) is 0. The Kier molecular flexibility index (Phi) is 4.83. The second-order valence-corrected chi connectivity index (χ2v) is 6.38. The molecule has 0 atom stereocenters. The molecule has 8 heteroatoms. The Morgan fingerprint density at radius 2 is 2.11 bits per heavy atom. The van der Waals surface area contributed by atoms with Crippen LogP contribution in [0.2, 0.25) is 0 Å². The van der Waals surface area contributed by atoms with E-state index in [1.54, 1.807) is 6.92 Å². The third-order valence-electron chi connectivity index (χ3n) is 2.66. The summed E-state index contributed by atoms with van der Waals surface area (Å²) in [6.45, 7) is 3.61. The molecular weight excluding hydrogens is 258 g/mol. The third-order valence-corrected chi connectivity index (χ3v) is 4.37. The number of aryl methyl sites for hydroxylation is 1. The van der Waals surface area contributed by atoms with Gasteiger partial charge in [-0.1, -0.05) is 13.3 Å². The van der Waals surface area contributed by atoms with Gasteiger partial charge in [0, 0.05) is 6.92 Å². The van der Waals surface area contributed by atoms with Crippen LogP contribution < -0.4 is 0 Å². The van der Waals surface area contributed by atoms with E-state index in [9.17, 15) is 18.5 Å². The molecule has 0 bridgehead atoms. The lowest BCUT2D eigenvalue weighted by Crippen LogP contribution is -2.17. The quantitative estimate of drug-likeness (QED) is 0.552. The Morgan fingerprint density at radius 3 is 2.67 bits per heavy atom. The minimum atomic E-state index is -3.15. The summed E-state index contributed by atoms with van der Waals surface area (Å²) in [5, 5.41) is 10.7. The summed E-state index contributed by atoms with van der Waals surface area (Å²) in [6.07, 6.45) is 2.57. The SMILES string of the molecule is CCCCS(=O)(=O)CCn1c([N+](=O)[O-])cnc1C. The molecule has 0 radical (unpaired) electrons. The Bertz CT molecular complexity index is 521. The molecule has 1 heterocycles. The number of imidazole rings is 1. The van der Waals surface area contributed by atoms with Gasteiger partial charge in [0.25, 0.3) is 0 Å². The number of sulfone groups is 1. The lowest BCUT2D eigenvalue weighted by Gasteiger charge is -2.04. The largest absolute Gasteiger partial charge is 0.358 e. The Morgan fingerprint density at radius 1 is 1.44 bits per heavy atom. The molecule has 1 aromatic rings. The predicted octanol–water partition coefficient (Wildman–Crippen LogP) is 1.31. The second-order valence-electron chi connectivity index (χ2n) is 4.08. The smallest absolute Gasteiger partial charge is 0.342 e. The first-order chi connectivity index (χ1) is 8.37. The molecule has 0 saturated heterocycles. The van der Waals surface area contributed by atoms with Crippen LogP contribution in [-0.2, 0) is 16.4 Å². The van der Waals surface area contributed by atoms with Crippen LogP contribution in [0.4, 0.5) is 5.82 Å². The van der Waals surface area contributed by atoms with E-state index in [0.29, 0.717) is 12.2 Å². The number of hydrogen-bond acceptors (Lipinski definition) is 5. The van der Waals surface area contributed by atoms with Crippen molar-refractivity contribution in [3.8, 4) is 0 Å². The van der Waals surface area contributed by atoms with Crippen LogP contribution in [0.15, 0.2) is 6.20 Å². The van der Waals surface area contributed by atoms with E-state index in [2.05, 4.69) is 4.98 Å². The number of aromatic nitrogens is 2. The highest BCUT2D eigenvalue weighted by Gasteiger charge is 2.20. The number of hydrogen-bond donors (Lipinski definition) is 0. The maximum Gasteiger partial charge on any atom is 0.342 e. The van der Waals surface area contributed by atoms with Crippen LogP contribution in [-0.4, -0.2) is 34.4 Å². The summed E-state index contributed by atoms with van der Waals surface area (Å²) in [6, 6.07) is 0. The Hall–Kier alpha value is -1.44. The topological polar surface area (TPSA) is 95.1 Å². The molecule has 1 rings (SSSR count). The van der Waals surface area contributed by atoms with Gasteiger partial charge in [0.1, 0.15) is 12.7 Å². The van der Waals surface area contributed by atoms with Crippen LogP contribution >= 0.6 is 0 Å². The molecule has 0 aliphatic heterocycles. The van der Waals surface area contributed by atoms with E-state index >= 15 is 0 Å². The minimum absolute atomic E-state index is 0.0776. The van der Waals surface area contributed by atoms with E-state index in [0.717, 1.165) is 12.6 Å². The molecule has 18 heavy (non-hydrogen) atoms. The first-order valence-corrected chi connectivity index (χ1v) is 7.56. The van der Waals surface area contributed by atoms with Gasteiger partial charge in [0.15, 0.2) is 15.7 Å². The first-order valence-electron chi connectivity index (χ1n) is 5.74. The maximum atomic E-state index is 11.7. The summed E-state index contributed by atoms with van der Waals surface area (Å²) in [7, 11) is -3.15. The van der Waals surface area contributed by atoms with Crippen molar-refractivity contribution in [2.45, 2.75) is 33.2 Å². The van der Waals surface area contributed by atoms with Gasteiger partial charge in [0.05, 0.1) is 11.5 Å². The zero-order valence-electron chi connectivity index (χ0n) is 10.5. The Labute approximate surface area is 106 Å². The van der Waals surface area contributed by atoms with Crippen molar-refractivity contribution in [3.05, 3.63) is 22.1 Å². The molecule has 102 valence electrons. The van der Waals surface area contributed by atoms with Crippen LogP contribution in [0.3, 0.4) is 0 Å². The van der Waals surface area contributed by atoms with E-state index in [4.69, 9.17) is 0 Å². The summed E-state index contributed by atoms with van der Waals surface area (Å²) < 4.78 is 24.7. The molecule has 1 aromatic heterocycles. The van der Waals surface area contributed by atoms with Crippen LogP contribution in [0.5, 0.6) is 0 Å². The molecule has 0 saturated carbocycles. The molecule has 0 unspecified atom stereocenters. The van der Waals surface area contributed by atoms with Crippen molar-refractivity contribution in [2.75, 3.05) is 11.5 Å². The van der Waals surface area contributed by atoms with Crippen LogP contribution in [0.1, 0.15) is 25.6 Å². The molecule has 0 spiro atoms. The fourth-order valence-electron chi connectivity index (χ4n) is 1.58. The lowest BCUT2D eigenvalue weighted by molar-refractivity contribution is -0.392. The minimum Gasteiger partial charge on any atom is -0.358 e. The zero-order valence-corrected chi connectivity index (χ0v) is 11.3. The van der Waals surface area contributed by atoms with Gasteiger partial charge in [0.2, 0.25) is 0 Å². The van der Waals surface area contributed by atoms with Gasteiger partial charge in [-0.3, -0.25) is 0 Å². The molecule has 7 nitrogen and oxygen atoms in total. The van der Waals surface area contributed by atoms with E-state index < -0.39 is 14.8 Å². The van der Waals surface area contributed by atoms with E-state index in [1.807, 2.05) is 6.92 Å². The zero-order chi connectivity index (χ0) is 13.8. The summed E-state index contributed by atoms with van der Waals surface area (Å²) in [4.78, 5) is 14.0. The van der Waals surface area contributed by atoms with Crippen LogP contribution in [0, 0.1) is 17.0 Å². The lowest BCUT2D eigenvalue weighted by atomic mass is 10.4. The molecule has 0 amide bonds. The van der Waals surface area contributed by atoms with Crippen molar-refractivity contribution in [1.29, 1.82) is 0 Å². The van der Waals surface area contributed by atoms with Crippen molar-refractivity contribution in [1.82, 2.24) is 9.55 Å². The molecule has 0 aromatic carbocycles. The van der Waals surface area contributed by atoms with Gasteiger partial charge >= 0.3 is 5.82 Å². The number of unbranched alkanes of at least 4 members (excludes halogenated alkanes) is 1. The monoisotopic (exact) mass is 275 g/mol. The number of rotatable bonds is 7. The fourth-order valence-corrected chi connectivity index (χ4v) is 2.97. The van der Waals surface area contributed by atoms with Gasteiger partial charge in [-0.25, -0.2) is 18.0 Å². The van der Waals surface area contributed by atoms with Gasteiger partial charge in [-0.2, -0.15) is 0 Å². The van der Waals surface area contributed by atoms with Crippen molar-refractivity contribution < 1.29 is 13.3 Å². The van der Waals surface area contributed by atoms with Crippen molar-refractivity contribution in [2.24, 2.45) is 0 Å². The van der Waals surface area contributed by atoms with E-state index in [1.165, 1.54) is 4.57 Å². The summed E-state index contributed by atoms with van der Waals surface area (Å²) >= 11 is 0. The van der Waals surface area contributed by atoms with Gasteiger partial charge in [-0.05, 0) is 11.3 Å². The highest BCUT2D eigenvalue weighted by atomic mass is 32.2. The molecule has 0 N–H and O–H groups in total. The highest BCUT2D eigenvalue weighted by Crippen LogP contribution is 2.13. The summed E-state index contributed by atoms with van der Waals surface area (Å²) in [5.74, 6) is 0.321. The Balaban J connectivity index is 2.74. The average Bonchev–Trinajstić information content (AvgIpc) is 2.66. The standard InChI is InChI=1S/C10H17N3O4S/c1-3-4-6-18(16,17)7-5-12-9(2)11-8-10(12)13(14)15/h8H,3-7H2,1-2H3. The molecule has 0 aliphatic rings. The highest BCUT2D eigenvalue weighted by molar-refractivity contribution is 7.91. The van der Waals surface area contributed by atoms with Gasteiger partial charge in [-0.15, -0.1) is 0 Å². The molecular formula is C10H17N3O4S. The molecule has 0 fully saturated rings. The van der Waals surface area contributed by atoms with Crippen molar-refractivity contribution in [3.63, 3.8) is 0 Å². The fraction of sp³-hybridized carbons (Fsp3) is 0.700. The average molecular weight is 275 g/mol. The van der Waals surface area contributed by atoms with E-state index in [-0.39, 0.29) is 23.9 Å². The third kappa shape index (κ3) is 3.80. The number of nitro groups is 1. The predicted molar refractivity (Wildman–Crippen MR) is 67.2 cm³/mol. The first kappa shape index (κ1) is 14.6. The maximum absolute atomic E-state index is 11.7.